The van der Waals surface area contributed by atoms with E-state index in [1.165, 1.54) is 0 Å². The molecule has 0 saturated carbocycles. The van der Waals surface area contributed by atoms with Crippen LogP contribution in [0.2, 0.25) is 10.0 Å². The van der Waals surface area contributed by atoms with Crippen molar-refractivity contribution in [1.29, 1.82) is 0 Å². The van der Waals surface area contributed by atoms with Crippen LogP contribution in [0.15, 0.2) is 36.5 Å². The molecule has 0 spiro atoms. The number of ether oxygens (including phenoxy) is 1. The molecule has 1 aromatic heterocycles. The van der Waals surface area contributed by atoms with Crippen molar-refractivity contribution in [3.05, 3.63) is 52.1 Å². The molecule has 1 atom stereocenters. The summed E-state index contributed by atoms with van der Waals surface area (Å²) in [5.41, 5.74) is 0.455. The molecule has 5 nitrogen and oxygen atoms in total. The van der Waals surface area contributed by atoms with Crippen molar-refractivity contribution >= 4 is 29.1 Å². The number of rotatable bonds is 3. The maximum Gasteiger partial charge on any atom is 0.255 e. The van der Waals surface area contributed by atoms with Crippen LogP contribution >= 0.6 is 23.2 Å². The van der Waals surface area contributed by atoms with Gasteiger partial charge in [-0.15, -0.1) is 5.10 Å². The molecule has 1 aromatic carbocycles. The van der Waals surface area contributed by atoms with Gasteiger partial charge in [-0.1, -0.05) is 23.2 Å². The number of carbonyl (C=O) groups is 1. The third-order valence-corrected chi connectivity index (χ3v) is 4.21. The van der Waals surface area contributed by atoms with Gasteiger partial charge in [0.2, 0.25) is 5.88 Å². The minimum Gasteiger partial charge on any atom is -0.471 e. The van der Waals surface area contributed by atoms with Gasteiger partial charge in [-0.05, 0) is 37.1 Å². The zero-order valence-electron chi connectivity index (χ0n) is 12.3. The molecule has 120 valence electrons. The zero-order valence-corrected chi connectivity index (χ0v) is 13.8. The molecule has 0 bridgehead atoms. The van der Waals surface area contributed by atoms with E-state index in [4.69, 9.17) is 27.9 Å². The first-order valence-corrected chi connectivity index (χ1v) is 8.08. The lowest BCUT2D eigenvalue weighted by atomic mass is 10.1. The summed E-state index contributed by atoms with van der Waals surface area (Å²) < 4.78 is 5.80. The Morgan fingerprint density at radius 3 is 2.91 bits per heavy atom. The van der Waals surface area contributed by atoms with Crippen LogP contribution in [0.5, 0.6) is 5.88 Å². The maximum atomic E-state index is 12.6. The second-order valence-corrected chi connectivity index (χ2v) is 6.16. The number of amides is 1. The Balaban J connectivity index is 1.69. The van der Waals surface area contributed by atoms with Crippen molar-refractivity contribution in [1.82, 2.24) is 15.1 Å². The fraction of sp³-hybridized carbons (Fsp3) is 0.312. The van der Waals surface area contributed by atoms with Gasteiger partial charge in [-0.25, -0.2) is 0 Å². The first-order chi connectivity index (χ1) is 11.1. The van der Waals surface area contributed by atoms with Crippen molar-refractivity contribution < 1.29 is 9.53 Å². The van der Waals surface area contributed by atoms with E-state index in [0.717, 1.165) is 12.8 Å². The maximum absolute atomic E-state index is 12.6. The standard InChI is InChI=1S/C16H15Cl2N3O2/c17-11-5-6-13(14(18)9-11)16(22)21-8-2-3-12(10-21)23-15-4-1-7-19-20-15/h1,4-7,9,12H,2-3,8,10H2. The van der Waals surface area contributed by atoms with Gasteiger partial charge in [0.25, 0.3) is 5.91 Å². The van der Waals surface area contributed by atoms with Gasteiger partial charge in [-0.2, -0.15) is 5.10 Å². The summed E-state index contributed by atoms with van der Waals surface area (Å²) >= 11 is 12.0. The largest absolute Gasteiger partial charge is 0.471 e. The molecule has 0 aliphatic carbocycles. The Labute approximate surface area is 144 Å². The molecular formula is C16H15Cl2N3O2. The van der Waals surface area contributed by atoms with E-state index < -0.39 is 0 Å². The third-order valence-electron chi connectivity index (χ3n) is 3.66. The highest BCUT2D eigenvalue weighted by atomic mass is 35.5. The number of likely N-dealkylation sites (tertiary alicyclic amines) is 1. The van der Waals surface area contributed by atoms with Crippen LogP contribution in [0.1, 0.15) is 23.2 Å². The smallest absolute Gasteiger partial charge is 0.255 e. The quantitative estimate of drug-likeness (QED) is 0.849. The number of hydrogen-bond donors (Lipinski definition) is 0. The van der Waals surface area contributed by atoms with Crippen LogP contribution in [0.4, 0.5) is 0 Å². The van der Waals surface area contributed by atoms with Crippen molar-refractivity contribution in [3.63, 3.8) is 0 Å². The molecule has 1 saturated heterocycles. The Kier molecular flexibility index (Phi) is 4.98. The summed E-state index contributed by atoms with van der Waals surface area (Å²) in [7, 11) is 0. The molecule has 1 amide bonds. The van der Waals surface area contributed by atoms with E-state index in [0.29, 0.717) is 34.6 Å². The molecule has 0 N–H and O–H groups in total. The van der Waals surface area contributed by atoms with E-state index in [-0.39, 0.29) is 12.0 Å². The summed E-state index contributed by atoms with van der Waals surface area (Å²) in [6.45, 7) is 1.17. The monoisotopic (exact) mass is 351 g/mol. The first-order valence-electron chi connectivity index (χ1n) is 7.32. The lowest BCUT2D eigenvalue weighted by Gasteiger charge is -2.32. The fourth-order valence-electron chi connectivity index (χ4n) is 2.57. The first kappa shape index (κ1) is 16.0. The van der Waals surface area contributed by atoms with Crippen molar-refractivity contribution in [3.8, 4) is 5.88 Å². The van der Waals surface area contributed by atoms with Gasteiger partial charge >= 0.3 is 0 Å². The summed E-state index contributed by atoms with van der Waals surface area (Å²) in [5, 5.41) is 8.57. The van der Waals surface area contributed by atoms with Crippen LogP contribution in [0, 0.1) is 0 Å². The number of halogens is 2. The lowest BCUT2D eigenvalue weighted by molar-refractivity contribution is 0.0525. The number of carbonyl (C=O) groups excluding carboxylic acids is 1. The minimum atomic E-state index is -0.112. The molecule has 1 fully saturated rings. The highest BCUT2D eigenvalue weighted by Crippen LogP contribution is 2.24. The summed E-state index contributed by atoms with van der Waals surface area (Å²) in [5.74, 6) is 0.357. The van der Waals surface area contributed by atoms with Gasteiger partial charge in [0.05, 0.1) is 17.1 Å². The minimum absolute atomic E-state index is 0.101. The second-order valence-electron chi connectivity index (χ2n) is 5.32. The summed E-state index contributed by atoms with van der Waals surface area (Å²) in [6.07, 6.45) is 3.22. The molecule has 3 rings (SSSR count). The molecule has 2 heterocycles. The van der Waals surface area contributed by atoms with Crippen LogP contribution in [-0.4, -0.2) is 40.2 Å². The Morgan fingerprint density at radius 2 is 2.17 bits per heavy atom. The SMILES string of the molecule is O=C(c1ccc(Cl)cc1Cl)N1CCCC(Oc2cccnn2)C1. The van der Waals surface area contributed by atoms with Gasteiger partial charge in [0, 0.05) is 23.8 Å². The molecule has 1 aliphatic rings. The fourth-order valence-corrected chi connectivity index (χ4v) is 3.06. The number of aromatic nitrogens is 2. The average molecular weight is 352 g/mol. The summed E-state index contributed by atoms with van der Waals surface area (Å²) in [4.78, 5) is 14.4. The van der Waals surface area contributed by atoms with Crippen molar-refractivity contribution in [2.45, 2.75) is 18.9 Å². The van der Waals surface area contributed by atoms with Gasteiger partial charge in [0.15, 0.2) is 0 Å². The summed E-state index contributed by atoms with van der Waals surface area (Å²) in [6, 6.07) is 8.41. The van der Waals surface area contributed by atoms with Crippen LogP contribution in [-0.2, 0) is 0 Å². The predicted octanol–water partition coefficient (Wildman–Crippen LogP) is 3.47. The van der Waals surface area contributed by atoms with E-state index >= 15 is 0 Å². The average Bonchev–Trinajstić information content (AvgIpc) is 2.55. The topological polar surface area (TPSA) is 55.3 Å². The number of piperidine rings is 1. The zero-order chi connectivity index (χ0) is 16.2. The Hall–Kier alpha value is -1.85. The third kappa shape index (κ3) is 3.92. The molecule has 1 unspecified atom stereocenters. The number of benzene rings is 1. The Morgan fingerprint density at radius 1 is 1.30 bits per heavy atom. The van der Waals surface area contributed by atoms with Gasteiger partial charge < -0.3 is 9.64 Å². The van der Waals surface area contributed by atoms with Crippen molar-refractivity contribution in [2.24, 2.45) is 0 Å². The van der Waals surface area contributed by atoms with E-state index in [9.17, 15) is 4.79 Å². The van der Waals surface area contributed by atoms with E-state index in [1.807, 2.05) is 0 Å². The molecule has 23 heavy (non-hydrogen) atoms. The molecule has 1 aliphatic heterocycles. The molecule has 0 radical (unpaired) electrons. The van der Waals surface area contributed by atoms with E-state index in [2.05, 4.69) is 10.2 Å². The van der Waals surface area contributed by atoms with Crippen molar-refractivity contribution in [2.75, 3.05) is 13.1 Å². The molecule has 7 heteroatoms. The van der Waals surface area contributed by atoms with Crippen LogP contribution < -0.4 is 4.74 Å². The lowest BCUT2D eigenvalue weighted by Crippen LogP contribution is -2.44. The Bertz CT molecular complexity index is 697. The van der Waals surface area contributed by atoms with Gasteiger partial charge in [0.1, 0.15) is 6.10 Å². The number of nitrogens with zero attached hydrogens (tertiary/aromatic N) is 3. The van der Waals surface area contributed by atoms with Gasteiger partial charge in [-0.3, -0.25) is 4.79 Å². The number of hydrogen-bond acceptors (Lipinski definition) is 4. The highest BCUT2D eigenvalue weighted by molar-refractivity contribution is 6.36. The molecular weight excluding hydrogens is 337 g/mol. The second kappa shape index (κ2) is 7.15. The predicted molar refractivity (Wildman–Crippen MR) is 88.0 cm³/mol. The van der Waals surface area contributed by atoms with Crippen LogP contribution in [0.25, 0.3) is 0 Å². The van der Waals surface area contributed by atoms with Crippen LogP contribution in [0.3, 0.4) is 0 Å². The normalized spacial score (nSPS) is 17.8. The van der Waals surface area contributed by atoms with E-state index in [1.54, 1.807) is 41.4 Å². The molecule has 2 aromatic rings. The highest BCUT2D eigenvalue weighted by Gasteiger charge is 2.27.